The summed E-state index contributed by atoms with van der Waals surface area (Å²) in [6, 6.07) is 0. The normalized spacial score (nSPS) is 48.4. The van der Waals surface area contributed by atoms with Gasteiger partial charge in [-0.3, -0.25) is 9.59 Å². The first-order valence-electron chi connectivity index (χ1n) is 9.57. The van der Waals surface area contributed by atoms with E-state index in [1.807, 2.05) is 6.08 Å². The number of aliphatic hydroxyl groups is 2. The molecule has 0 amide bonds. The van der Waals surface area contributed by atoms with Crippen LogP contribution in [0, 0.1) is 34.5 Å². The zero-order valence-electron chi connectivity index (χ0n) is 15.1. The minimum Gasteiger partial charge on any atom is -0.393 e. The Morgan fingerprint density at radius 1 is 1.28 bits per heavy atom. The molecule has 0 bridgehead atoms. The summed E-state index contributed by atoms with van der Waals surface area (Å²) in [5, 5.41) is 20.5. The Kier molecular flexibility index (Phi) is 3.86. The van der Waals surface area contributed by atoms with Gasteiger partial charge in [0.05, 0.1) is 6.10 Å². The van der Waals surface area contributed by atoms with E-state index >= 15 is 0 Å². The molecule has 2 N–H and O–H groups in total. The molecule has 0 spiro atoms. The van der Waals surface area contributed by atoms with Gasteiger partial charge in [0.15, 0.2) is 11.6 Å². The first kappa shape index (κ1) is 17.2. The van der Waals surface area contributed by atoms with Gasteiger partial charge in [0.1, 0.15) is 6.61 Å². The molecule has 0 aromatic heterocycles. The predicted octanol–water partition coefficient (Wildman–Crippen LogP) is 2.44. The Morgan fingerprint density at radius 3 is 2.76 bits per heavy atom. The van der Waals surface area contributed by atoms with E-state index in [-0.39, 0.29) is 34.2 Å². The lowest BCUT2D eigenvalue weighted by Crippen LogP contribution is -2.56. The van der Waals surface area contributed by atoms with E-state index in [1.165, 1.54) is 0 Å². The molecule has 4 nitrogen and oxygen atoms in total. The van der Waals surface area contributed by atoms with Crippen LogP contribution in [-0.4, -0.2) is 34.5 Å². The summed E-state index contributed by atoms with van der Waals surface area (Å²) in [5.41, 5.74) is 0.688. The monoisotopic (exact) mass is 344 g/mol. The predicted molar refractivity (Wildman–Crippen MR) is 93.6 cm³/mol. The lowest BCUT2D eigenvalue weighted by molar-refractivity contribution is -0.141. The van der Waals surface area contributed by atoms with Gasteiger partial charge in [-0.05, 0) is 61.5 Å². The summed E-state index contributed by atoms with van der Waals surface area (Å²) in [7, 11) is 0. The van der Waals surface area contributed by atoms with Crippen molar-refractivity contribution in [3.63, 3.8) is 0 Å². The van der Waals surface area contributed by atoms with Gasteiger partial charge in [-0.25, -0.2) is 0 Å². The molecule has 0 aromatic carbocycles. The smallest absolute Gasteiger partial charge is 0.178 e. The van der Waals surface area contributed by atoms with Crippen LogP contribution in [0.4, 0.5) is 0 Å². The van der Waals surface area contributed by atoms with Gasteiger partial charge in [-0.2, -0.15) is 0 Å². The molecule has 4 rings (SSSR count). The average molecular weight is 344 g/mol. The fraction of sp³-hybridized carbons (Fsp3) is 0.714. The van der Waals surface area contributed by atoms with Crippen molar-refractivity contribution in [3.8, 4) is 0 Å². The maximum Gasteiger partial charge on any atom is 0.178 e. The van der Waals surface area contributed by atoms with Crippen molar-refractivity contribution >= 4 is 11.6 Å². The Bertz CT molecular complexity index is 677. The van der Waals surface area contributed by atoms with Gasteiger partial charge in [0.2, 0.25) is 0 Å². The van der Waals surface area contributed by atoms with Crippen molar-refractivity contribution in [2.75, 3.05) is 6.61 Å². The highest BCUT2D eigenvalue weighted by atomic mass is 16.3. The van der Waals surface area contributed by atoms with Crippen molar-refractivity contribution in [1.29, 1.82) is 0 Å². The molecule has 136 valence electrons. The van der Waals surface area contributed by atoms with Crippen molar-refractivity contribution in [1.82, 2.24) is 0 Å². The second-order valence-electron chi connectivity index (χ2n) is 9.05. The zero-order chi connectivity index (χ0) is 18.0. The lowest BCUT2D eigenvalue weighted by atomic mass is 9.46. The Morgan fingerprint density at radius 2 is 2.04 bits per heavy atom. The molecular formula is C21H28O4. The maximum absolute atomic E-state index is 12.3. The second-order valence-corrected chi connectivity index (χ2v) is 9.05. The van der Waals surface area contributed by atoms with E-state index in [2.05, 4.69) is 13.8 Å². The molecule has 0 heterocycles. The lowest BCUT2D eigenvalue weighted by Gasteiger charge is -2.58. The summed E-state index contributed by atoms with van der Waals surface area (Å²) in [6.07, 6.45) is 9.25. The quantitative estimate of drug-likeness (QED) is 0.807. The van der Waals surface area contributed by atoms with E-state index in [1.54, 1.807) is 12.2 Å². The molecule has 0 saturated heterocycles. The zero-order valence-corrected chi connectivity index (χ0v) is 15.1. The van der Waals surface area contributed by atoms with E-state index in [9.17, 15) is 19.8 Å². The third-order valence-corrected chi connectivity index (χ3v) is 8.04. The van der Waals surface area contributed by atoms with Crippen molar-refractivity contribution in [3.05, 3.63) is 23.8 Å². The first-order valence-corrected chi connectivity index (χ1v) is 9.57. The third kappa shape index (κ3) is 2.26. The standard InChI is InChI=1S/C21H28O4/c1-20-8-7-13(23)9-12(20)3-4-14-15-5-6-16(18(25)11-22)21(15,2)10-17(24)19(14)20/h7-9,14-17,19,22,24H,3-6,10-11H2,1-2H3/t14-,15?,16+,17-,19+,20-,21-/m0/s1. The highest BCUT2D eigenvalue weighted by Crippen LogP contribution is 2.65. The SMILES string of the molecule is C[C@]12C=CC(=O)C=C1CC[C@H]1C3CC[C@H](C(=O)CO)[C@@]3(C)C[C@H](O)[C@@H]12. The van der Waals surface area contributed by atoms with Crippen LogP contribution in [0.5, 0.6) is 0 Å². The van der Waals surface area contributed by atoms with Crippen LogP contribution in [0.15, 0.2) is 23.8 Å². The molecule has 1 unspecified atom stereocenters. The van der Waals surface area contributed by atoms with Gasteiger partial charge in [-0.15, -0.1) is 0 Å². The molecule has 3 saturated carbocycles. The number of Topliss-reactive ketones (excluding diaryl/α,β-unsaturated/α-hetero) is 1. The van der Waals surface area contributed by atoms with Crippen molar-refractivity contribution in [2.45, 2.75) is 52.1 Å². The van der Waals surface area contributed by atoms with Crippen LogP contribution in [0.1, 0.15) is 46.0 Å². The van der Waals surface area contributed by atoms with Crippen molar-refractivity contribution in [2.24, 2.45) is 34.5 Å². The van der Waals surface area contributed by atoms with Gasteiger partial charge in [0.25, 0.3) is 0 Å². The van der Waals surface area contributed by atoms with Crippen LogP contribution in [0.25, 0.3) is 0 Å². The number of fused-ring (bicyclic) bond motifs is 5. The molecule has 3 fully saturated rings. The average Bonchev–Trinajstić information content (AvgIpc) is 2.91. The fourth-order valence-electron chi connectivity index (χ4n) is 6.96. The summed E-state index contributed by atoms with van der Waals surface area (Å²) in [5.74, 6) is 0.734. The van der Waals surface area contributed by atoms with E-state index < -0.39 is 12.7 Å². The minimum atomic E-state index is -0.482. The molecular weight excluding hydrogens is 316 g/mol. The number of carbonyl (C=O) groups excluding carboxylic acids is 2. The summed E-state index contributed by atoms with van der Waals surface area (Å²) >= 11 is 0. The highest BCUT2D eigenvalue weighted by molar-refractivity contribution is 6.01. The highest BCUT2D eigenvalue weighted by Gasteiger charge is 2.62. The number of rotatable bonds is 2. The number of hydrogen-bond donors (Lipinski definition) is 2. The summed E-state index contributed by atoms with van der Waals surface area (Å²) < 4.78 is 0. The number of hydrogen-bond acceptors (Lipinski definition) is 4. The third-order valence-electron chi connectivity index (χ3n) is 8.04. The van der Waals surface area contributed by atoms with Gasteiger partial charge < -0.3 is 10.2 Å². The largest absolute Gasteiger partial charge is 0.393 e. The topological polar surface area (TPSA) is 74.6 Å². The van der Waals surface area contributed by atoms with Crippen LogP contribution >= 0.6 is 0 Å². The molecule has 4 aliphatic rings. The number of allylic oxidation sites excluding steroid dienone is 4. The van der Waals surface area contributed by atoms with Gasteiger partial charge in [0, 0.05) is 17.3 Å². The van der Waals surface area contributed by atoms with Gasteiger partial charge >= 0.3 is 0 Å². The number of carbonyl (C=O) groups is 2. The Hall–Kier alpha value is -1.26. The maximum atomic E-state index is 12.3. The number of aliphatic hydroxyl groups excluding tert-OH is 2. The molecule has 0 radical (unpaired) electrons. The minimum absolute atomic E-state index is 0.0514. The van der Waals surface area contributed by atoms with E-state index in [0.717, 1.165) is 31.3 Å². The van der Waals surface area contributed by atoms with Crippen LogP contribution < -0.4 is 0 Å². The fourth-order valence-corrected chi connectivity index (χ4v) is 6.96. The Balaban J connectivity index is 1.71. The second kappa shape index (κ2) is 5.62. The van der Waals surface area contributed by atoms with E-state index in [4.69, 9.17) is 0 Å². The molecule has 7 atom stereocenters. The van der Waals surface area contributed by atoms with Crippen molar-refractivity contribution < 1.29 is 19.8 Å². The Labute approximate surface area is 149 Å². The summed E-state index contributed by atoms with van der Waals surface area (Å²) in [4.78, 5) is 24.1. The van der Waals surface area contributed by atoms with Gasteiger partial charge in [-0.1, -0.05) is 25.5 Å². The molecule has 0 aromatic rings. The van der Waals surface area contributed by atoms with E-state index in [0.29, 0.717) is 18.3 Å². The molecule has 4 heteroatoms. The molecule has 25 heavy (non-hydrogen) atoms. The van der Waals surface area contributed by atoms with Crippen LogP contribution in [0.3, 0.4) is 0 Å². The van der Waals surface area contributed by atoms with Crippen LogP contribution in [-0.2, 0) is 9.59 Å². The molecule has 4 aliphatic carbocycles. The number of ketones is 2. The first-order chi connectivity index (χ1) is 11.8. The molecule has 0 aliphatic heterocycles. The van der Waals surface area contributed by atoms with Crippen LogP contribution in [0.2, 0.25) is 0 Å². The summed E-state index contributed by atoms with van der Waals surface area (Å²) in [6.45, 7) is 3.92.